The van der Waals surface area contributed by atoms with E-state index in [0.717, 1.165) is 24.8 Å². The Balaban J connectivity index is 1.87. The second kappa shape index (κ2) is 20.0. The largest absolute Gasteiger partial charge is 0.490 e. The van der Waals surface area contributed by atoms with E-state index in [9.17, 15) is 14.4 Å². The summed E-state index contributed by atoms with van der Waals surface area (Å²) in [5, 5.41) is -0.0839. The van der Waals surface area contributed by atoms with Gasteiger partial charge in [-0.2, -0.15) is 0 Å². The van der Waals surface area contributed by atoms with Crippen molar-refractivity contribution < 1.29 is 42.8 Å². The van der Waals surface area contributed by atoms with Crippen LogP contribution in [0.5, 0.6) is 5.75 Å². The summed E-state index contributed by atoms with van der Waals surface area (Å²) in [5.41, 5.74) is 0.909. The van der Waals surface area contributed by atoms with Gasteiger partial charge in [-0.1, -0.05) is 57.9 Å². The van der Waals surface area contributed by atoms with E-state index in [-0.39, 0.29) is 24.3 Å². The van der Waals surface area contributed by atoms with Crippen molar-refractivity contribution in [3.05, 3.63) is 23.8 Å². The maximum atomic E-state index is 12.2. The molecule has 0 saturated carbocycles. The molecule has 1 aliphatic heterocycles. The highest BCUT2D eigenvalue weighted by atomic mass is 31.2. The lowest BCUT2D eigenvalue weighted by Crippen LogP contribution is -2.30. The van der Waals surface area contributed by atoms with E-state index in [4.69, 9.17) is 28.4 Å². The van der Waals surface area contributed by atoms with Gasteiger partial charge in [0.25, 0.3) is 0 Å². The van der Waals surface area contributed by atoms with Crippen molar-refractivity contribution in [1.29, 1.82) is 0 Å². The third kappa shape index (κ3) is 15.2. The molecule has 1 aromatic rings. The Bertz CT molecular complexity index is 739. The Kier molecular flexibility index (Phi) is 17.4. The highest BCUT2D eigenvalue weighted by molar-refractivity contribution is 7.60. The van der Waals surface area contributed by atoms with Crippen molar-refractivity contribution >= 4 is 12.9 Å². The second-order valence-corrected chi connectivity index (χ2v) is 10.9. The maximum absolute atomic E-state index is 12.2. The van der Waals surface area contributed by atoms with Crippen LogP contribution < -0.4 is 10.0 Å². The molecule has 37 heavy (non-hydrogen) atoms. The average molecular weight is 547 g/mol. The van der Waals surface area contributed by atoms with Crippen molar-refractivity contribution in [1.82, 2.24) is 0 Å². The molecule has 0 radical (unpaired) electrons. The summed E-state index contributed by atoms with van der Waals surface area (Å²) in [6.07, 6.45) is 10.1. The van der Waals surface area contributed by atoms with Crippen LogP contribution in [0.1, 0.15) is 63.9 Å². The number of rotatable bonds is 13. The Morgan fingerprint density at radius 3 is 2.00 bits per heavy atom. The van der Waals surface area contributed by atoms with Crippen LogP contribution in [0.4, 0.5) is 0 Å². The normalized spacial score (nSPS) is 19.2. The smallest absolute Gasteiger partial charge is 0.359 e. The van der Waals surface area contributed by atoms with Crippen LogP contribution in [0.15, 0.2) is 18.2 Å². The molecule has 0 spiro atoms. The van der Waals surface area contributed by atoms with E-state index in [2.05, 4.69) is 6.92 Å². The van der Waals surface area contributed by atoms with Crippen molar-refractivity contribution in [2.24, 2.45) is 0 Å². The van der Waals surface area contributed by atoms with Crippen LogP contribution in [0.25, 0.3) is 0 Å². The summed E-state index contributed by atoms with van der Waals surface area (Å²) in [7, 11) is -4.51. The lowest BCUT2D eigenvalue weighted by Gasteiger charge is -2.20. The molecule has 10 heteroatoms. The van der Waals surface area contributed by atoms with Gasteiger partial charge in [-0.05, 0) is 30.5 Å². The molecule has 1 aliphatic rings. The minimum absolute atomic E-state index is 0.0839. The maximum Gasteiger partial charge on any atom is 0.359 e. The third-order valence-corrected chi connectivity index (χ3v) is 7.06. The van der Waals surface area contributed by atoms with Gasteiger partial charge in [0, 0.05) is 0 Å². The molecule has 2 N–H and O–H groups in total. The zero-order valence-electron chi connectivity index (χ0n) is 22.4. The third-order valence-electron chi connectivity index (χ3n) is 6.08. The first-order valence-corrected chi connectivity index (χ1v) is 15.4. The fraction of sp³-hybridized carbons (Fsp3) is 0.778. The highest BCUT2D eigenvalue weighted by Crippen LogP contribution is 2.38. The highest BCUT2D eigenvalue weighted by Gasteiger charge is 2.24. The van der Waals surface area contributed by atoms with E-state index >= 15 is 0 Å². The Morgan fingerprint density at radius 1 is 0.811 bits per heavy atom. The molecule has 1 atom stereocenters. The summed E-state index contributed by atoms with van der Waals surface area (Å²) in [4.78, 5) is 19.9. The minimum Gasteiger partial charge on any atom is -0.490 e. The van der Waals surface area contributed by atoms with Gasteiger partial charge in [-0.25, -0.2) is 0 Å². The van der Waals surface area contributed by atoms with Gasteiger partial charge in [0.1, 0.15) is 23.8 Å². The summed E-state index contributed by atoms with van der Waals surface area (Å²) in [6.45, 7) is 6.13. The molecular formula is C27H47O9P. The predicted molar refractivity (Wildman–Crippen MR) is 143 cm³/mol. The van der Waals surface area contributed by atoms with Gasteiger partial charge in [-0.15, -0.1) is 0 Å². The molecule has 1 saturated heterocycles. The first-order chi connectivity index (χ1) is 18.0. The molecule has 0 aromatic heterocycles. The minimum atomic E-state index is -4.51. The zero-order valence-corrected chi connectivity index (χ0v) is 23.3. The van der Waals surface area contributed by atoms with Crippen molar-refractivity contribution in [3.63, 3.8) is 0 Å². The number of benzene rings is 1. The molecule has 1 fully saturated rings. The van der Waals surface area contributed by atoms with Gasteiger partial charge in [0.15, 0.2) is 0 Å². The lowest BCUT2D eigenvalue weighted by atomic mass is 10.0. The summed E-state index contributed by atoms with van der Waals surface area (Å²) < 4.78 is 45.9. The Morgan fingerprint density at radius 2 is 1.38 bits per heavy atom. The van der Waals surface area contributed by atoms with Crippen LogP contribution in [-0.4, -0.2) is 82.0 Å². The molecule has 2 rings (SSSR count). The molecule has 0 bridgehead atoms. The van der Waals surface area contributed by atoms with E-state index in [0.29, 0.717) is 52.9 Å². The first kappa shape index (κ1) is 32.2. The fourth-order valence-corrected chi connectivity index (χ4v) is 4.77. The summed E-state index contributed by atoms with van der Waals surface area (Å²) in [5.74, 6) is 0.171. The quantitative estimate of drug-likeness (QED) is 0.280. The second-order valence-electron chi connectivity index (χ2n) is 9.29. The van der Waals surface area contributed by atoms with Gasteiger partial charge >= 0.3 is 7.60 Å². The molecule has 1 unspecified atom stereocenters. The monoisotopic (exact) mass is 546 g/mol. The molecule has 0 amide bonds. The van der Waals surface area contributed by atoms with Gasteiger partial charge in [0.05, 0.1) is 59.5 Å². The molecule has 9 nitrogen and oxygen atoms in total. The van der Waals surface area contributed by atoms with E-state index in [1.54, 1.807) is 12.1 Å². The lowest BCUT2D eigenvalue weighted by molar-refractivity contribution is -0.0605. The number of aryl methyl sites for hydroxylation is 1. The van der Waals surface area contributed by atoms with E-state index in [1.165, 1.54) is 38.5 Å². The first-order valence-electron chi connectivity index (χ1n) is 13.7. The zero-order chi connectivity index (χ0) is 26.6. The van der Waals surface area contributed by atoms with Gasteiger partial charge in [0.2, 0.25) is 0 Å². The standard InChI is InChI=1S/C27H47O9P/c1-2-3-4-5-6-7-8-9-10-24-11-12-26(27(21-24)37(28,29)30)36-23-25-22-34-18-17-32-14-13-31-15-16-33-19-20-35-25/h11-12,21,25H,2-10,13-20,22-23H2,1H3,(H2,28,29,30). The number of hydrogen-bond donors (Lipinski definition) is 2. The SMILES string of the molecule is CCCCCCCCCCc1ccc(OCC2COCCOCCOCCOCCO2)c(P(=O)(O)O)c1. The van der Waals surface area contributed by atoms with Gasteiger partial charge in [-0.3, -0.25) is 4.57 Å². The van der Waals surface area contributed by atoms with Crippen LogP contribution in [-0.2, 0) is 34.7 Å². The molecule has 1 aromatic carbocycles. The van der Waals surface area contributed by atoms with Crippen LogP contribution in [0, 0.1) is 0 Å². The number of ether oxygens (including phenoxy) is 6. The summed E-state index contributed by atoms with van der Waals surface area (Å²) >= 11 is 0. The number of hydrogen-bond acceptors (Lipinski definition) is 7. The van der Waals surface area contributed by atoms with Gasteiger partial charge < -0.3 is 38.2 Å². The summed E-state index contributed by atoms with van der Waals surface area (Å²) in [6, 6.07) is 5.12. The topological polar surface area (TPSA) is 113 Å². The molecule has 214 valence electrons. The number of unbranched alkanes of at least 4 members (excludes halogenated alkanes) is 7. The van der Waals surface area contributed by atoms with Crippen molar-refractivity contribution in [3.8, 4) is 5.75 Å². The average Bonchev–Trinajstić information content (AvgIpc) is 2.89. The van der Waals surface area contributed by atoms with Crippen LogP contribution in [0.2, 0.25) is 0 Å². The van der Waals surface area contributed by atoms with E-state index in [1.807, 2.05) is 6.07 Å². The van der Waals surface area contributed by atoms with E-state index < -0.39 is 13.7 Å². The predicted octanol–water partition coefficient (Wildman–Crippen LogP) is 4.02. The Labute approximate surface area is 222 Å². The van der Waals surface area contributed by atoms with Crippen LogP contribution >= 0.6 is 7.60 Å². The Hall–Kier alpha value is -1.03. The molecular weight excluding hydrogens is 499 g/mol. The van der Waals surface area contributed by atoms with Crippen LogP contribution in [0.3, 0.4) is 0 Å². The van der Waals surface area contributed by atoms with Crippen molar-refractivity contribution in [2.75, 3.05) is 66.1 Å². The molecule has 1 heterocycles. The molecule has 0 aliphatic carbocycles. The van der Waals surface area contributed by atoms with Crippen molar-refractivity contribution in [2.45, 2.75) is 70.8 Å². The fourth-order valence-electron chi connectivity index (χ4n) is 4.01.